The minimum Gasteiger partial charge on any atom is -0.367 e. The molecule has 142 valence electrons. The van der Waals surface area contributed by atoms with Gasteiger partial charge < -0.3 is 14.3 Å². The van der Waals surface area contributed by atoms with Gasteiger partial charge >= 0.3 is 0 Å². The lowest BCUT2D eigenvalue weighted by Crippen LogP contribution is -2.49. The zero-order valence-electron chi connectivity index (χ0n) is 15.5. The standard InChI is InChI=1S/C19H22FN5O2/c1-13(2)19-22-17(27-23-19)6-7-18(26)25-10-8-24(9-11-25)16-5-3-4-15(20)14(16)12-21/h3-5,13H,6-11H2,1-2H3. The molecular formula is C19H22FN5O2. The number of halogens is 1. The summed E-state index contributed by atoms with van der Waals surface area (Å²) in [5, 5.41) is 13.1. The average Bonchev–Trinajstić information content (AvgIpc) is 3.15. The van der Waals surface area contributed by atoms with Gasteiger partial charge in [-0.15, -0.1) is 0 Å². The van der Waals surface area contributed by atoms with Crippen LogP contribution in [0.5, 0.6) is 0 Å². The minimum atomic E-state index is -0.520. The molecular weight excluding hydrogens is 349 g/mol. The van der Waals surface area contributed by atoms with Gasteiger partial charge in [-0.05, 0) is 12.1 Å². The lowest BCUT2D eigenvalue weighted by atomic mass is 10.1. The summed E-state index contributed by atoms with van der Waals surface area (Å²) >= 11 is 0. The zero-order chi connectivity index (χ0) is 19.4. The van der Waals surface area contributed by atoms with Gasteiger partial charge in [-0.2, -0.15) is 10.2 Å². The minimum absolute atomic E-state index is 0.0266. The third kappa shape index (κ3) is 4.25. The Morgan fingerprint density at radius 2 is 2.07 bits per heavy atom. The fraction of sp³-hybridized carbons (Fsp3) is 0.474. The third-order valence-electron chi connectivity index (χ3n) is 4.63. The topological polar surface area (TPSA) is 86.3 Å². The van der Waals surface area contributed by atoms with E-state index in [4.69, 9.17) is 4.52 Å². The van der Waals surface area contributed by atoms with Crippen LogP contribution in [0.3, 0.4) is 0 Å². The first-order valence-corrected chi connectivity index (χ1v) is 9.03. The lowest BCUT2D eigenvalue weighted by Gasteiger charge is -2.36. The molecule has 1 aromatic carbocycles. The third-order valence-corrected chi connectivity index (χ3v) is 4.63. The van der Waals surface area contributed by atoms with E-state index in [2.05, 4.69) is 10.1 Å². The SMILES string of the molecule is CC(C)c1noc(CCC(=O)N2CCN(c3cccc(F)c3C#N)CC2)n1. The largest absolute Gasteiger partial charge is 0.367 e. The van der Waals surface area contributed by atoms with Gasteiger partial charge in [0.15, 0.2) is 5.82 Å². The van der Waals surface area contributed by atoms with Crippen molar-refractivity contribution in [3.8, 4) is 6.07 Å². The molecule has 2 aromatic rings. The first-order chi connectivity index (χ1) is 13.0. The number of hydrogen-bond acceptors (Lipinski definition) is 6. The number of anilines is 1. The van der Waals surface area contributed by atoms with Crippen molar-refractivity contribution in [1.82, 2.24) is 15.0 Å². The maximum absolute atomic E-state index is 13.8. The Bertz CT molecular complexity index is 850. The van der Waals surface area contributed by atoms with Crippen molar-refractivity contribution in [2.75, 3.05) is 31.1 Å². The molecule has 27 heavy (non-hydrogen) atoms. The van der Waals surface area contributed by atoms with Crippen LogP contribution in [0.25, 0.3) is 0 Å². The molecule has 0 bridgehead atoms. The zero-order valence-corrected chi connectivity index (χ0v) is 15.5. The summed E-state index contributed by atoms with van der Waals surface area (Å²) in [6.07, 6.45) is 0.727. The molecule has 1 amide bonds. The van der Waals surface area contributed by atoms with Crippen molar-refractivity contribution >= 4 is 11.6 Å². The summed E-state index contributed by atoms with van der Waals surface area (Å²) < 4.78 is 19.0. The molecule has 1 aliphatic rings. The number of carbonyl (C=O) groups excluding carboxylic acids is 1. The summed E-state index contributed by atoms with van der Waals surface area (Å²) in [6, 6.07) is 6.54. The molecule has 0 aliphatic carbocycles. The average molecular weight is 371 g/mol. The normalized spacial score (nSPS) is 14.5. The van der Waals surface area contributed by atoms with Crippen molar-refractivity contribution in [1.29, 1.82) is 5.26 Å². The first kappa shape index (κ1) is 18.8. The maximum atomic E-state index is 13.8. The van der Waals surface area contributed by atoms with Gasteiger partial charge in [-0.3, -0.25) is 4.79 Å². The number of benzene rings is 1. The summed E-state index contributed by atoms with van der Waals surface area (Å²) in [7, 11) is 0. The highest BCUT2D eigenvalue weighted by Crippen LogP contribution is 2.24. The molecule has 1 aromatic heterocycles. The number of nitrogens with zero attached hydrogens (tertiary/aromatic N) is 5. The van der Waals surface area contributed by atoms with Crippen molar-refractivity contribution in [2.24, 2.45) is 0 Å². The van der Waals surface area contributed by atoms with Gasteiger partial charge in [0, 0.05) is 44.9 Å². The second-order valence-corrected chi connectivity index (χ2v) is 6.81. The molecule has 7 nitrogen and oxygen atoms in total. The molecule has 1 fully saturated rings. The number of hydrogen-bond donors (Lipinski definition) is 0. The highest BCUT2D eigenvalue weighted by atomic mass is 19.1. The number of nitriles is 1. The van der Waals surface area contributed by atoms with E-state index >= 15 is 0 Å². The monoisotopic (exact) mass is 371 g/mol. The molecule has 0 atom stereocenters. The second-order valence-electron chi connectivity index (χ2n) is 6.81. The molecule has 0 unspecified atom stereocenters. The molecule has 3 rings (SSSR count). The van der Waals surface area contributed by atoms with Crippen LogP contribution in [0.1, 0.15) is 43.5 Å². The van der Waals surface area contributed by atoms with Gasteiger partial charge in [0.2, 0.25) is 11.8 Å². The number of amides is 1. The summed E-state index contributed by atoms with van der Waals surface area (Å²) in [4.78, 5) is 20.4. The Kier molecular flexibility index (Phi) is 5.69. The van der Waals surface area contributed by atoms with E-state index in [1.54, 1.807) is 17.0 Å². The summed E-state index contributed by atoms with van der Waals surface area (Å²) in [6.45, 7) is 6.14. The molecule has 0 saturated carbocycles. The van der Waals surface area contributed by atoms with Crippen molar-refractivity contribution in [3.63, 3.8) is 0 Å². The second kappa shape index (κ2) is 8.16. The van der Waals surface area contributed by atoms with Gasteiger partial charge in [0.25, 0.3) is 0 Å². The fourth-order valence-electron chi connectivity index (χ4n) is 3.06. The number of carbonyl (C=O) groups is 1. The molecule has 2 heterocycles. The number of rotatable bonds is 5. The van der Waals surface area contributed by atoms with Crippen LogP contribution in [0.4, 0.5) is 10.1 Å². The Labute approximate surface area is 157 Å². The number of piperazine rings is 1. The first-order valence-electron chi connectivity index (χ1n) is 9.03. The predicted molar refractivity (Wildman–Crippen MR) is 96.6 cm³/mol. The van der Waals surface area contributed by atoms with E-state index in [0.717, 1.165) is 0 Å². The predicted octanol–water partition coefficient (Wildman–Crippen LogP) is 2.49. The van der Waals surface area contributed by atoms with E-state index in [1.807, 2.05) is 24.8 Å². The molecule has 1 saturated heterocycles. The van der Waals surface area contributed by atoms with Gasteiger partial charge in [-0.1, -0.05) is 25.1 Å². The Morgan fingerprint density at radius 1 is 1.33 bits per heavy atom. The van der Waals surface area contributed by atoms with E-state index in [-0.39, 0.29) is 17.4 Å². The maximum Gasteiger partial charge on any atom is 0.227 e. The fourth-order valence-corrected chi connectivity index (χ4v) is 3.06. The molecule has 8 heteroatoms. The molecule has 0 N–H and O–H groups in total. The van der Waals surface area contributed by atoms with Crippen LogP contribution in [0.15, 0.2) is 22.7 Å². The van der Waals surface area contributed by atoms with E-state index in [1.165, 1.54) is 6.07 Å². The smallest absolute Gasteiger partial charge is 0.227 e. The Morgan fingerprint density at radius 3 is 2.70 bits per heavy atom. The Balaban J connectivity index is 1.53. The van der Waals surface area contributed by atoms with Crippen LogP contribution in [0, 0.1) is 17.1 Å². The Hall–Kier alpha value is -2.95. The molecule has 0 spiro atoms. The summed E-state index contributed by atoms with van der Waals surface area (Å²) in [5.74, 6) is 0.818. The van der Waals surface area contributed by atoms with Crippen LogP contribution in [0.2, 0.25) is 0 Å². The molecule has 0 radical (unpaired) electrons. The van der Waals surface area contributed by atoms with Gasteiger partial charge in [0.05, 0.1) is 5.69 Å². The van der Waals surface area contributed by atoms with E-state index in [9.17, 15) is 14.4 Å². The van der Waals surface area contributed by atoms with Crippen LogP contribution in [-0.2, 0) is 11.2 Å². The quantitative estimate of drug-likeness (QED) is 0.803. The number of aromatic nitrogens is 2. The van der Waals surface area contributed by atoms with Crippen molar-refractivity contribution < 1.29 is 13.7 Å². The van der Waals surface area contributed by atoms with Crippen molar-refractivity contribution in [2.45, 2.75) is 32.6 Å². The van der Waals surface area contributed by atoms with Crippen LogP contribution >= 0.6 is 0 Å². The van der Waals surface area contributed by atoms with Gasteiger partial charge in [-0.25, -0.2) is 4.39 Å². The van der Waals surface area contributed by atoms with E-state index < -0.39 is 5.82 Å². The number of aryl methyl sites for hydroxylation is 1. The van der Waals surface area contributed by atoms with Crippen molar-refractivity contribution in [3.05, 3.63) is 41.3 Å². The highest BCUT2D eigenvalue weighted by Gasteiger charge is 2.24. The van der Waals surface area contributed by atoms with Crippen LogP contribution < -0.4 is 4.90 Å². The molecule has 1 aliphatic heterocycles. The lowest BCUT2D eigenvalue weighted by molar-refractivity contribution is -0.131. The highest BCUT2D eigenvalue weighted by molar-refractivity contribution is 5.76. The summed E-state index contributed by atoms with van der Waals surface area (Å²) in [5.41, 5.74) is 0.631. The van der Waals surface area contributed by atoms with Crippen LogP contribution in [-0.4, -0.2) is 47.1 Å². The van der Waals surface area contributed by atoms with E-state index in [0.29, 0.717) is 56.4 Å². The van der Waals surface area contributed by atoms with Gasteiger partial charge in [0.1, 0.15) is 17.4 Å².